The maximum absolute atomic E-state index is 12.7. The molecule has 6 nitrogen and oxygen atoms in total. The Bertz CT molecular complexity index is 546. The molecule has 132 valence electrons. The summed E-state index contributed by atoms with van der Waals surface area (Å²) in [7, 11) is -3.02. The highest BCUT2D eigenvalue weighted by Crippen LogP contribution is 2.25. The molecule has 2 atom stereocenters. The van der Waals surface area contributed by atoms with Crippen LogP contribution in [-0.2, 0) is 19.4 Å². The first-order valence-corrected chi connectivity index (χ1v) is 10.5. The molecule has 7 heteroatoms. The normalized spacial score (nSPS) is 26.7. The highest BCUT2D eigenvalue weighted by molar-refractivity contribution is 7.91. The lowest BCUT2D eigenvalue weighted by molar-refractivity contribution is -0.137. The van der Waals surface area contributed by atoms with E-state index >= 15 is 0 Å². The van der Waals surface area contributed by atoms with Gasteiger partial charge in [0.25, 0.3) is 0 Å². The van der Waals surface area contributed by atoms with Crippen LogP contribution < -0.4 is 0 Å². The van der Waals surface area contributed by atoms with E-state index in [9.17, 15) is 18.0 Å². The van der Waals surface area contributed by atoms with Crippen LogP contribution in [0.25, 0.3) is 0 Å². The molecule has 0 aromatic heterocycles. The van der Waals surface area contributed by atoms with E-state index in [1.807, 2.05) is 6.92 Å². The Morgan fingerprint density at radius 1 is 1.30 bits per heavy atom. The second kappa shape index (κ2) is 7.64. The van der Waals surface area contributed by atoms with E-state index in [1.165, 1.54) is 0 Å². The van der Waals surface area contributed by atoms with E-state index in [0.717, 1.165) is 25.8 Å². The van der Waals surface area contributed by atoms with Crippen LogP contribution in [0.5, 0.6) is 0 Å². The quantitative estimate of drug-likeness (QED) is 0.647. The van der Waals surface area contributed by atoms with Gasteiger partial charge in [-0.25, -0.2) is 8.42 Å². The van der Waals surface area contributed by atoms with Gasteiger partial charge in [-0.15, -0.1) is 0 Å². The van der Waals surface area contributed by atoms with Crippen molar-refractivity contribution in [3.8, 4) is 0 Å². The lowest BCUT2D eigenvalue weighted by Crippen LogP contribution is -2.44. The van der Waals surface area contributed by atoms with E-state index in [2.05, 4.69) is 6.92 Å². The van der Waals surface area contributed by atoms with Crippen LogP contribution in [0, 0.1) is 5.92 Å². The lowest BCUT2D eigenvalue weighted by Gasteiger charge is -2.29. The average Bonchev–Trinajstić information content (AvgIpc) is 3.03. The fraction of sp³-hybridized carbons (Fsp3) is 0.875. The molecule has 0 aliphatic carbocycles. The standard InChI is InChI=1S/C16H28N2O4S/c1-3-5-6-8-17-11-13(10-15(17)19)16(20)18(4-2)14-7-9-23(21,22)12-14/h13-14H,3-12H2,1-2H3. The molecular formula is C16H28N2O4S. The third-order valence-corrected chi connectivity index (χ3v) is 6.62. The Morgan fingerprint density at radius 3 is 2.61 bits per heavy atom. The molecule has 2 aliphatic rings. The summed E-state index contributed by atoms with van der Waals surface area (Å²) >= 11 is 0. The van der Waals surface area contributed by atoms with Crippen molar-refractivity contribution in [3.05, 3.63) is 0 Å². The van der Waals surface area contributed by atoms with Gasteiger partial charge >= 0.3 is 0 Å². The van der Waals surface area contributed by atoms with Gasteiger partial charge in [0.1, 0.15) is 0 Å². The number of unbranched alkanes of at least 4 members (excludes halogenated alkanes) is 2. The van der Waals surface area contributed by atoms with E-state index < -0.39 is 9.84 Å². The molecule has 2 fully saturated rings. The summed E-state index contributed by atoms with van der Waals surface area (Å²) in [5.74, 6) is -0.0929. The summed E-state index contributed by atoms with van der Waals surface area (Å²) in [5.41, 5.74) is 0. The second-order valence-electron chi connectivity index (χ2n) is 6.63. The van der Waals surface area contributed by atoms with E-state index in [0.29, 0.717) is 19.5 Å². The molecule has 0 aromatic carbocycles. The Hall–Kier alpha value is -1.11. The number of sulfone groups is 1. The number of carbonyl (C=O) groups excluding carboxylic acids is 2. The monoisotopic (exact) mass is 344 g/mol. The third-order valence-electron chi connectivity index (χ3n) is 4.87. The van der Waals surface area contributed by atoms with Crippen molar-refractivity contribution in [2.45, 2.75) is 52.0 Å². The average molecular weight is 344 g/mol. The molecule has 2 rings (SSSR count). The molecule has 0 bridgehead atoms. The molecule has 23 heavy (non-hydrogen) atoms. The number of hydrogen-bond acceptors (Lipinski definition) is 4. The Labute approximate surface area is 139 Å². The number of hydrogen-bond donors (Lipinski definition) is 0. The van der Waals surface area contributed by atoms with Gasteiger partial charge in [-0.05, 0) is 19.8 Å². The summed E-state index contributed by atoms with van der Waals surface area (Å²) < 4.78 is 23.3. The van der Waals surface area contributed by atoms with Crippen LogP contribution in [-0.4, -0.2) is 67.2 Å². The van der Waals surface area contributed by atoms with E-state index in [1.54, 1.807) is 9.80 Å². The third kappa shape index (κ3) is 4.46. The smallest absolute Gasteiger partial charge is 0.228 e. The number of amides is 2. The maximum Gasteiger partial charge on any atom is 0.228 e. The van der Waals surface area contributed by atoms with Crippen LogP contribution in [0.3, 0.4) is 0 Å². The predicted octanol–water partition coefficient (Wildman–Crippen LogP) is 1.06. The van der Waals surface area contributed by atoms with Crippen molar-refractivity contribution in [3.63, 3.8) is 0 Å². The van der Waals surface area contributed by atoms with Crippen LogP contribution in [0.2, 0.25) is 0 Å². The summed E-state index contributed by atoms with van der Waals surface area (Å²) in [6.07, 6.45) is 3.94. The predicted molar refractivity (Wildman–Crippen MR) is 88.7 cm³/mol. The zero-order chi connectivity index (χ0) is 17.0. The first kappa shape index (κ1) is 18.2. The highest BCUT2D eigenvalue weighted by Gasteiger charge is 2.40. The molecule has 0 saturated carbocycles. The molecule has 2 aliphatic heterocycles. The molecular weight excluding hydrogens is 316 g/mol. The Balaban J connectivity index is 1.95. The van der Waals surface area contributed by atoms with Crippen molar-refractivity contribution >= 4 is 21.7 Å². The molecule has 2 heterocycles. The Kier molecular flexibility index (Phi) is 6.06. The SMILES string of the molecule is CCCCCN1CC(C(=O)N(CC)C2CCS(=O)(=O)C2)CC1=O. The number of carbonyl (C=O) groups is 2. The first-order valence-electron chi connectivity index (χ1n) is 8.66. The molecule has 0 spiro atoms. The Morgan fingerprint density at radius 2 is 2.04 bits per heavy atom. The van der Waals surface area contributed by atoms with E-state index in [-0.39, 0.29) is 41.7 Å². The molecule has 0 N–H and O–H groups in total. The van der Waals surface area contributed by atoms with Crippen molar-refractivity contribution in [1.29, 1.82) is 0 Å². The van der Waals surface area contributed by atoms with Gasteiger partial charge in [-0.3, -0.25) is 9.59 Å². The minimum Gasteiger partial charge on any atom is -0.342 e. The first-order chi connectivity index (χ1) is 10.9. The fourth-order valence-corrected chi connectivity index (χ4v) is 5.29. The van der Waals surface area contributed by atoms with Gasteiger partial charge in [-0.1, -0.05) is 19.8 Å². The largest absolute Gasteiger partial charge is 0.342 e. The van der Waals surface area contributed by atoms with E-state index in [4.69, 9.17) is 0 Å². The number of likely N-dealkylation sites (tertiary alicyclic amines) is 1. The number of rotatable bonds is 7. The van der Waals surface area contributed by atoms with Gasteiger partial charge in [0, 0.05) is 32.1 Å². The van der Waals surface area contributed by atoms with Gasteiger partial charge in [-0.2, -0.15) is 0 Å². The van der Waals surface area contributed by atoms with Crippen molar-refractivity contribution in [2.75, 3.05) is 31.1 Å². The minimum atomic E-state index is -3.02. The zero-order valence-electron chi connectivity index (χ0n) is 14.2. The van der Waals surface area contributed by atoms with Crippen molar-refractivity contribution < 1.29 is 18.0 Å². The van der Waals surface area contributed by atoms with Gasteiger partial charge in [0.05, 0.1) is 17.4 Å². The maximum atomic E-state index is 12.7. The van der Waals surface area contributed by atoms with Crippen molar-refractivity contribution in [1.82, 2.24) is 9.80 Å². The lowest BCUT2D eigenvalue weighted by atomic mass is 10.1. The van der Waals surface area contributed by atoms with Gasteiger partial charge < -0.3 is 9.80 Å². The molecule has 0 radical (unpaired) electrons. The van der Waals surface area contributed by atoms with Crippen LogP contribution >= 0.6 is 0 Å². The zero-order valence-corrected chi connectivity index (χ0v) is 15.0. The summed E-state index contributed by atoms with van der Waals surface area (Å²) in [4.78, 5) is 28.3. The van der Waals surface area contributed by atoms with Crippen LogP contribution in [0.15, 0.2) is 0 Å². The summed E-state index contributed by atoms with van der Waals surface area (Å²) in [6.45, 7) is 5.70. The van der Waals surface area contributed by atoms with Crippen LogP contribution in [0.4, 0.5) is 0 Å². The second-order valence-corrected chi connectivity index (χ2v) is 8.86. The summed E-state index contributed by atoms with van der Waals surface area (Å²) in [5, 5.41) is 0. The molecule has 0 aromatic rings. The molecule has 2 unspecified atom stereocenters. The minimum absolute atomic E-state index is 0.0505. The molecule has 2 saturated heterocycles. The topological polar surface area (TPSA) is 74.8 Å². The van der Waals surface area contributed by atoms with Gasteiger partial charge in [0.15, 0.2) is 9.84 Å². The fourth-order valence-electron chi connectivity index (χ4n) is 3.56. The van der Waals surface area contributed by atoms with Gasteiger partial charge in [0.2, 0.25) is 11.8 Å². The number of nitrogens with zero attached hydrogens (tertiary/aromatic N) is 2. The van der Waals surface area contributed by atoms with Crippen molar-refractivity contribution in [2.24, 2.45) is 5.92 Å². The van der Waals surface area contributed by atoms with Crippen LogP contribution in [0.1, 0.15) is 46.0 Å². The highest BCUT2D eigenvalue weighted by atomic mass is 32.2. The summed E-state index contributed by atoms with van der Waals surface area (Å²) in [6, 6.07) is -0.221. The molecule has 2 amide bonds.